The summed E-state index contributed by atoms with van der Waals surface area (Å²) >= 11 is 0. The molecule has 4 rings (SSSR count). The third-order valence-electron chi connectivity index (χ3n) is 4.68. The summed E-state index contributed by atoms with van der Waals surface area (Å²) in [6.45, 7) is 1.79. The highest BCUT2D eigenvalue weighted by Gasteiger charge is 2.14. The Morgan fingerprint density at radius 3 is 2.37 bits per heavy atom. The van der Waals surface area contributed by atoms with Crippen molar-refractivity contribution in [3.63, 3.8) is 0 Å². The van der Waals surface area contributed by atoms with E-state index in [0.717, 1.165) is 17.5 Å². The van der Waals surface area contributed by atoms with E-state index in [1.54, 1.807) is 13.0 Å². The molecule has 0 amide bonds. The van der Waals surface area contributed by atoms with E-state index in [0.29, 0.717) is 28.1 Å². The average molecular weight is 397 g/mol. The minimum Gasteiger partial charge on any atom is -0.478 e. The van der Waals surface area contributed by atoms with Crippen molar-refractivity contribution in [1.29, 1.82) is 0 Å². The highest BCUT2D eigenvalue weighted by atomic mass is 16.4. The number of carboxylic acid groups (broad SMARTS) is 1. The molecule has 0 spiro atoms. The maximum Gasteiger partial charge on any atom is 0.328 e. The number of para-hydroxylation sites is 2. The van der Waals surface area contributed by atoms with Crippen LogP contribution in [0.2, 0.25) is 0 Å². The number of fused-ring (bicyclic) bond motifs is 1. The summed E-state index contributed by atoms with van der Waals surface area (Å²) in [7, 11) is 0. The van der Waals surface area contributed by atoms with Crippen LogP contribution in [0.25, 0.3) is 22.8 Å². The van der Waals surface area contributed by atoms with Crippen LogP contribution in [0.5, 0.6) is 0 Å². The minimum absolute atomic E-state index is 0.201. The van der Waals surface area contributed by atoms with Gasteiger partial charge >= 0.3 is 5.97 Å². The van der Waals surface area contributed by atoms with Crippen LogP contribution in [0.15, 0.2) is 83.7 Å². The van der Waals surface area contributed by atoms with Crippen molar-refractivity contribution in [3.05, 3.63) is 100 Å². The van der Waals surface area contributed by atoms with Gasteiger partial charge in [0.05, 0.1) is 5.39 Å². The van der Waals surface area contributed by atoms with Crippen LogP contribution in [0.3, 0.4) is 0 Å². The Hall–Kier alpha value is -4.19. The number of aliphatic carboxylic acids is 1. The fourth-order valence-electron chi connectivity index (χ4n) is 3.27. The van der Waals surface area contributed by atoms with Crippen molar-refractivity contribution in [2.75, 3.05) is 5.32 Å². The zero-order chi connectivity index (χ0) is 21.1. The van der Waals surface area contributed by atoms with Crippen LogP contribution < -0.4 is 10.7 Å². The van der Waals surface area contributed by atoms with Gasteiger partial charge in [0.2, 0.25) is 0 Å². The number of rotatable bonds is 5. The quantitative estimate of drug-likeness (QED) is 0.483. The van der Waals surface area contributed by atoms with Crippen molar-refractivity contribution in [1.82, 2.24) is 9.55 Å². The number of hydrogen-bond acceptors (Lipinski definition) is 4. The Morgan fingerprint density at radius 2 is 1.70 bits per heavy atom. The Balaban J connectivity index is 1.99. The molecule has 6 heteroatoms. The number of carboxylic acids is 1. The van der Waals surface area contributed by atoms with Crippen LogP contribution in [-0.2, 0) is 4.79 Å². The van der Waals surface area contributed by atoms with Gasteiger partial charge in [-0.3, -0.25) is 9.36 Å². The number of nitrogens with zero attached hydrogens (tertiary/aromatic N) is 2. The number of aromatic nitrogens is 2. The first-order valence-corrected chi connectivity index (χ1v) is 9.39. The van der Waals surface area contributed by atoms with Gasteiger partial charge < -0.3 is 10.4 Å². The van der Waals surface area contributed by atoms with E-state index in [1.165, 1.54) is 12.1 Å². The predicted molar refractivity (Wildman–Crippen MR) is 118 cm³/mol. The van der Waals surface area contributed by atoms with Gasteiger partial charge in [0.1, 0.15) is 11.5 Å². The molecule has 2 heterocycles. The SMILES string of the molecule is Cc1nc2c(cc1C=CC(=O)O)c(=O)cc(Nc1ccccc1)n2-c1ccccc1. The standard InChI is InChI=1S/C24H19N3O3/c1-16-17(12-13-23(29)30)14-20-21(28)15-22(26-18-8-4-2-5-9-18)27(24(20)25-16)19-10-6-3-7-11-19/h2-15,26H,1H3,(H,29,30). The molecule has 0 aliphatic carbocycles. The average Bonchev–Trinajstić information content (AvgIpc) is 2.74. The second-order valence-corrected chi connectivity index (χ2v) is 6.76. The molecule has 0 fully saturated rings. The normalized spacial score (nSPS) is 11.1. The topological polar surface area (TPSA) is 84.2 Å². The van der Waals surface area contributed by atoms with E-state index in [2.05, 4.69) is 10.3 Å². The van der Waals surface area contributed by atoms with Crippen LogP contribution in [0.1, 0.15) is 11.3 Å². The minimum atomic E-state index is -1.06. The number of aryl methyl sites for hydroxylation is 1. The molecular formula is C24H19N3O3. The number of benzene rings is 2. The predicted octanol–water partition coefficient (Wildman–Crippen LogP) is 4.54. The number of pyridine rings is 2. The molecule has 0 saturated heterocycles. The Morgan fingerprint density at radius 1 is 1.03 bits per heavy atom. The van der Waals surface area contributed by atoms with Crippen LogP contribution in [-0.4, -0.2) is 20.6 Å². The number of carbonyl (C=O) groups is 1. The molecule has 0 saturated carbocycles. The number of hydrogen-bond donors (Lipinski definition) is 2. The third-order valence-corrected chi connectivity index (χ3v) is 4.68. The van der Waals surface area contributed by atoms with Crippen LogP contribution in [0.4, 0.5) is 11.5 Å². The van der Waals surface area contributed by atoms with E-state index in [4.69, 9.17) is 5.11 Å². The second-order valence-electron chi connectivity index (χ2n) is 6.76. The smallest absolute Gasteiger partial charge is 0.328 e. The molecule has 0 aliphatic heterocycles. The molecule has 148 valence electrons. The van der Waals surface area contributed by atoms with Gasteiger partial charge in [-0.2, -0.15) is 0 Å². The van der Waals surface area contributed by atoms with Gasteiger partial charge in [0.25, 0.3) is 0 Å². The van der Waals surface area contributed by atoms with Crippen LogP contribution in [0, 0.1) is 6.92 Å². The largest absolute Gasteiger partial charge is 0.478 e. The molecule has 0 unspecified atom stereocenters. The first kappa shape index (κ1) is 19.1. The van der Waals surface area contributed by atoms with E-state index in [1.807, 2.05) is 65.2 Å². The summed E-state index contributed by atoms with van der Waals surface area (Å²) in [5, 5.41) is 12.6. The summed E-state index contributed by atoms with van der Waals surface area (Å²) in [4.78, 5) is 28.5. The molecule has 2 N–H and O–H groups in total. The molecule has 2 aromatic carbocycles. The summed E-state index contributed by atoms with van der Waals surface area (Å²) in [5.41, 5.74) is 3.21. The molecule has 4 aromatic rings. The lowest BCUT2D eigenvalue weighted by Gasteiger charge is -2.18. The maximum atomic E-state index is 12.9. The molecule has 0 bridgehead atoms. The van der Waals surface area contributed by atoms with E-state index >= 15 is 0 Å². The zero-order valence-electron chi connectivity index (χ0n) is 16.2. The first-order chi connectivity index (χ1) is 14.5. The van der Waals surface area contributed by atoms with Crippen molar-refractivity contribution in [2.45, 2.75) is 6.92 Å². The molecule has 0 aliphatic rings. The van der Waals surface area contributed by atoms with E-state index in [9.17, 15) is 9.59 Å². The van der Waals surface area contributed by atoms with E-state index in [-0.39, 0.29) is 5.43 Å². The Kier molecular flexibility index (Phi) is 5.13. The van der Waals surface area contributed by atoms with Crippen molar-refractivity contribution >= 4 is 34.6 Å². The van der Waals surface area contributed by atoms with Crippen molar-refractivity contribution in [3.8, 4) is 5.69 Å². The summed E-state index contributed by atoms with van der Waals surface area (Å²) in [6.07, 6.45) is 2.49. The van der Waals surface area contributed by atoms with Gasteiger partial charge in [-0.1, -0.05) is 36.4 Å². The lowest BCUT2D eigenvalue weighted by Crippen LogP contribution is -2.14. The molecule has 30 heavy (non-hydrogen) atoms. The molecule has 2 aromatic heterocycles. The van der Waals surface area contributed by atoms with Gasteiger partial charge in [0.15, 0.2) is 5.43 Å². The molecule has 0 radical (unpaired) electrons. The Labute approximate surface area is 172 Å². The fraction of sp³-hybridized carbons (Fsp3) is 0.0417. The van der Waals surface area contributed by atoms with E-state index < -0.39 is 5.97 Å². The van der Waals surface area contributed by atoms with Gasteiger partial charge in [0, 0.05) is 29.2 Å². The fourth-order valence-corrected chi connectivity index (χ4v) is 3.27. The lowest BCUT2D eigenvalue weighted by atomic mass is 10.1. The number of anilines is 2. The van der Waals surface area contributed by atoms with Gasteiger partial charge in [-0.15, -0.1) is 0 Å². The molecule has 6 nitrogen and oxygen atoms in total. The van der Waals surface area contributed by atoms with Crippen molar-refractivity contribution < 1.29 is 9.90 Å². The first-order valence-electron chi connectivity index (χ1n) is 9.39. The Bertz CT molecular complexity index is 1310. The van der Waals surface area contributed by atoms with Crippen molar-refractivity contribution in [2.24, 2.45) is 0 Å². The monoisotopic (exact) mass is 397 g/mol. The van der Waals surface area contributed by atoms with Gasteiger partial charge in [-0.25, -0.2) is 9.78 Å². The number of nitrogens with one attached hydrogen (secondary N) is 1. The van der Waals surface area contributed by atoms with Gasteiger partial charge in [-0.05, 0) is 48.9 Å². The summed E-state index contributed by atoms with van der Waals surface area (Å²) in [5.74, 6) is -0.468. The summed E-state index contributed by atoms with van der Waals surface area (Å²) in [6, 6.07) is 22.4. The molecule has 0 atom stereocenters. The highest BCUT2D eigenvalue weighted by Crippen LogP contribution is 2.25. The maximum absolute atomic E-state index is 12.9. The zero-order valence-corrected chi connectivity index (χ0v) is 16.2. The lowest BCUT2D eigenvalue weighted by molar-refractivity contribution is -0.131. The highest BCUT2D eigenvalue weighted by molar-refractivity contribution is 5.88. The molecular weight excluding hydrogens is 378 g/mol. The summed E-state index contributed by atoms with van der Waals surface area (Å²) < 4.78 is 1.89. The van der Waals surface area contributed by atoms with Crippen LogP contribution >= 0.6 is 0 Å². The third kappa shape index (κ3) is 3.84. The second kappa shape index (κ2) is 8.05.